The van der Waals surface area contributed by atoms with Crippen LogP contribution in [-0.4, -0.2) is 38.7 Å². The van der Waals surface area contributed by atoms with Crippen molar-refractivity contribution in [3.8, 4) is 0 Å². The van der Waals surface area contributed by atoms with Crippen LogP contribution in [0.4, 0.5) is 14.5 Å². The molecule has 10 heteroatoms. The number of amides is 1. The summed E-state index contributed by atoms with van der Waals surface area (Å²) in [5.74, 6) is -3.21. The molecule has 1 heterocycles. The maximum absolute atomic E-state index is 13.6. The Kier molecular flexibility index (Phi) is 6.00. The van der Waals surface area contributed by atoms with Gasteiger partial charge in [-0.1, -0.05) is 30.3 Å². The van der Waals surface area contributed by atoms with E-state index in [1.807, 2.05) is 30.3 Å². The number of anilines is 1. The summed E-state index contributed by atoms with van der Waals surface area (Å²) < 4.78 is 32.7. The normalized spacial score (nSPS) is 11.6. The van der Waals surface area contributed by atoms with Gasteiger partial charge in [-0.3, -0.25) is 4.79 Å². The second-order valence-corrected chi connectivity index (χ2v) is 5.78. The highest BCUT2D eigenvalue weighted by Gasteiger charge is 2.25. The molecule has 0 spiro atoms. The first-order valence-electron chi connectivity index (χ1n) is 8.21. The van der Waals surface area contributed by atoms with Crippen LogP contribution in [0.15, 0.2) is 54.9 Å². The number of rotatable bonds is 7. The number of esters is 1. The molecule has 0 saturated carbocycles. The number of hydrogen-bond acceptors (Lipinski definition) is 6. The molecule has 144 valence electrons. The summed E-state index contributed by atoms with van der Waals surface area (Å²) in [5, 5.41) is 12.9. The summed E-state index contributed by atoms with van der Waals surface area (Å²) >= 11 is 0. The van der Waals surface area contributed by atoms with E-state index in [4.69, 9.17) is 4.74 Å². The highest BCUT2D eigenvalue weighted by molar-refractivity contribution is 5.93. The molecule has 1 aromatic heterocycles. The van der Waals surface area contributed by atoms with E-state index in [-0.39, 0.29) is 12.1 Å². The summed E-state index contributed by atoms with van der Waals surface area (Å²) in [5.41, 5.74) is 0.626. The number of benzene rings is 2. The van der Waals surface area contributed by atoms with Crippen molar-refractivity contribution in [3.63, 3.8) is 0 Å². The third-order valence-electron chi connectivity index (χ3n) is 3.78. The monoisotopic (exact) mass is 387 g/mol. The lowest BCUT2D eigenvalue weighted by molar-refractivity contribution is -0.151. The molecule has 0 aliphatic heterocycles. The fourth-order valence-corrected chi connectivity index (χ4v) is 2.44. The van der Waals surface area contributed by atoms with Crippen molar-refractivity contribution in [1.29, 1.82) is 0 Å². The molecular formula is C18H15F2N5O3. The van der Waals surface area contributed by atoms with Gasteiger partial charge in [0, 0.05) is 12.5 Å². The van der Waals surface area contributed by atoms with Gasteiger partial charge in [0.25, 0.3) is 5.91 Å². The third-order valence-corrected chi connectivity index (χ3v) is 3.78. The van der Waals surface area contributed by atoms with Gasteiger partial charge in [-0.2, -0.15) is 0 Å². The van der Waals surface area contributed by atoms with E-state index in [0.29, 0.717) is 6.07 Å². The predicted octanol–water partition coefficient (Wildman–Crippen LogP) is 1.92. The number of tetrazole rings is 1. The SMILES string of the molecule is O=C(COC(=O)[C@H](Cc1ccccc1)n1cnnn1)Nc1ccc(F)cc1F. The number of ether oxygens (including phenoxy) is 1. The van der Waals surface area contributed by atoms with Crippen LogP contribution in [-0.2, 0) is 20.7 Å². The van der Waals surface area contributed by atoms with Crippen molar-refractivity contribution in [1.82, 2.24) is 20.2 Å². The molecular weight excluding hydrogens is 372 g/mol. The van der Waals surface area contributed by atoms with Crippen LogP contribution < -0.4 is 5.32 Å². The molecule has 0 bridgehead atoms. The zero-order valence-electron chi connectivity index (χ0n) is 14.5. The molecule has 8 nitrogen and oxygen atoms in total. The number of nitrogens with zero attached hydrogens (tertiary/aromatic N) is 4. The van der Waals surface area contributed by atoms with E-state index >= 15 is 0 Å². The largest absolute Gasteiger partial charge is 0.454 e. The van der Waals surface area contributed by atoms with Crippen LogP contribution in [0, 0.1) is 11.6 Å². The van der Waals surface area contributed by atoms with Gasteiger partial charge in [-0.05, 0) is 28.1 Å². The molecule has 0 saturated heterocycles. The Balaban J connectivity index is 1.62. The van der Waals surface area contributed by atoms with Gasteiger partial charge in [0.15, 0.2) is 12.6 Å². The molecule has 1 N–H and O–H groups in total. The Morgan fingerprint density at radius 2 is 1.93 bits per heavy atom. The Morgan fingerprint density at radius 1 is 1.14 bits per heavy atom. The molecule has 2 aromatic carbocycles. The molecule has 1 atom stereocenters. The van der Waals surface area contributed by atoms with Gasteiger partial charge in [-0.25, -0.2) is 18.3 Å². The summed E-state index contributed by atoms with van der Waals surface area (Å²) in [7, 11) is 0. The van der Waals surface area contributed by atoms with E-state index in [1.165, 1.54) is 11.0 Å². The maximum atomic E-state index is 13.6. The smallest absolute Gasteiger partial charge is 0.331 e. The quantitative estimate of drug-likeness (QED) is 0.622. The molecule has 0 radical (unpaired) electrons. The van der Waals surface area contributed by atoms with E-state index < -0.39 is 36.2 Å². The first-order valence-corrected chi connectivity index (χ1v) is 8.21. The van der Waals surface area contributed by atoms with Gasteiger partial charge in [0.1, 0.15) is 18.0 Å². The van der Waals surface area contributed by atoms with E-state index in [1.54, 1.807) is 0 Å². The zero-order chi connectivity index (χ0) is 19.9. The van der Waals surface area contributed by atoms with Crippen molar-refractivity contribution < 1.29 is 23.1 Å². The van der Waals surface area contributed by atoms with Gasteiger partial charge >= 0.3 is 5.97 Å². The zero-order valence-corrected chi connectivity index (χ0v) is 14.5. The lowest BCUT2D eigenvalue weighted by Crippen LogP contribution is -2.28. The minimum Gasteiger partial charge on any atom is -0.454 e. The van der Waals surface area contributed by atoms with E-state index in [0.717, 1.165) is 17.7 Å². The van der Waals surface area contributed by atoms with Crippen molar-refractivity contribution in [2.24, 2.45) is 0 Å². The summed E-state index contributed by atoms with van der Waals surface area (Å²) in [6, 6.07) is 11.0. The molecule has 0 unspecified atom stereocenters. The van der Waals surface area contributed by atoms with Crippen molar-refractivity contribution >= 4 is 17.6 Å². The summed E-state index contributed by atoms with van der Waals surface area (Å²) in [6.45, 7) is -0.650. The third kappa shape index (κ3) is 4.93. The summed E-state index contributed by atoms with van der Waals surface area (Å²) in [6.07, 6.45) is 1.52. The lowest BCUT2D eigenvalue weighted by atomic mass is 10.1. The number of carbonyl (C=O) groups excluding carboxylic acids is 2. The molecule has 0 aliphatic carbocycles. The van der Waals surface area contributed by atoms with E-state index in [2.05, 4.69) is 20.8 Å². The van der Waals surface area contributed by atoms with Gasteiger partial charge in [0.2, 0.25) is 0 Å². The standard InChI is InChI=1S/C18H15F2N5O3/c19-13-6-7-15(14(20)9-13)22-17(26)10-28-18(27)16(25-11-21-23-24-25)8-12-4-2-1-3-5-12/h1-7,9,11,16H,8,10H2,(H,22,26)/t16-/m0/s1. The fraction of sp³-hybridized carbons (Fsp3) is 0.167. The van der Waals surface area contributed by atoms with Crippen molar-refractivity contribution in [2.75, 3.05) is 11.9 Å². The van der Waals surface area contributed by atoms with Crippen LogP contribution >= 0.6 is 0 Å². The Labute approximate surface area is 158 Å². The van der Waals surface area contributed by atoms with Gasteiger partial charge in [0.05, 0.1) is 5.69 Å². The molecule has 28 heavy (non-hydrogen) atoms. The second-order valence-electron chi connectivity index (χ2n) is 5.78. The van der Waals surface area contributed by atoms with Crippen LogP contribution in [0.1, 0.15) is 11.6 Å². The molecule has 3 aromatic rings. The number of halogens is 2. The summed E-state index contributed by atoms with van der Waals surface area (Å²) in [4.78, 5) is 24.4. The molecule has 1 amide bonds. The molecule has 0 fully saturated rings. The van der Waals surface area contributed by atoms with E-state index in [9.17, 15) is 18.4 Å². The van der Waals surface area contributed by atoms with Crippen LogP contribution in [0.2, 0.25) is 0 Å². The average Bonchev–Trinajstić information content (AvgIpc) is 3.22. The Morgan fingerprint density at radius 3 is 2.61 bits per heavy atom. The van der Waals surface area contributed by atoms with Crippen LogP contribution in [0.3, 0.4) is 0 Å². The maximum Gasteiger partial charge on any atom is 0.331 e. The lowest BCUT2D eigenvalue weighted by Gasteiger charge is -2.15. The first kappa shape index (κ1) is 19.1. The van der Waals surface area contributed by atoms with Gasteiger partial charge < -0.3 is 10.1 Å². The van der Waals surface area contributed by atoms with Gasteiger partial charge in [-0.15, -0.1) is 5.10 Å². The minimum atomic E-state index is -0.935. The highest BCUT2D eigenvalue weighted by atomic mass is 19.1. The van der Waals surface area contributed by atoms with Crippen LogP contribution in [0.25, 0.3) is 0 Å². The van der Waals surface area contributed by atoms with Crippen molar-refractivity contribution in [3.05, 3.63) is 72.1 Å². The van der Waals surface area contributed by atoms with Crippen LogP contribution in [0.5, 0.6) is 0 Å². The van der Waals surface area contributed by atoms with Crippen molar-refractivity contribution in [2.45, 2.75) is 12.5 Å². The Hall–Kier alpha value is -3.69. The fourth-order valence-electron chi connectivity index (χ4n) is 2.44. The number of carbonyl (C=O) groups is 2. The predicted molar refractivity (Wildman–Crippen MR) is 92.9 cm³/mol. The molecule has 3 rings (SSSR count). The minimum absolute atomic E-state index is 0.219. The topological polar surface area (TPSA) is 99.0 Å². The highest BCUT2D eigenvalue weighted by Crippen LogP contribution is 2.16. The first-order chi connectivity index (χ1) is 13.5. The average molecular weight is 387 g/mol. The number of aromatic nitrogens is 4. The molecule has 0 aliphatic rings. The Bertz CT molecular complexity index is 951. The number of hydrogen-bond donors (Lipinski definition) is 1. The second kappa shape index (κ2) is 8.80. The number of nitrogens with one attached hydrogen (secondary N) is 1.